The highest BCUT2D eigenvalue weighted by atomic mass is 32.2. The number of carbonyl (C=O) groups is 1. The van der Waals surface area contributed by atoms with Gasteiger partial charge >= 0.3 is 0 Å². The summed E-state index contributed by atoms with van der Waals surface area (Å²) < 4.78 is 31.2. The van der Waals surface area contributed by atoms with Crippen molar-refractivity contribution in [1.82, 2.24) is 0 Å². The third kappa shape index (κ3) is 4.98. The largest absolute Gasteiger partial charge is 0.494 e. The summed E-state index contributed by atoms with van der Waals surface area (Å²) in [7, 11) is -3.63. The summed E-state index contributed by atoms with van der Waals surface area (Å²) in [4.78, 5) is 12.8. The molecule has 2 aromatic rings. The van der Waals surface area contributed by atoms with E-state index in [2.05, 4.69) is 5.32 Å². The van der Waals surface area contributed by atoms with Crippen molar-refractivity contribution in [1.29, 1.82) is 0 Å². The van der Waals surface area contributed by atoms with Crippen LogP contribution >= 0.6 is 0 Å². The number of amides is 1. The van der Waals surface area contributed by atoms with Gasteiger partial charge in [0.2, 0.25) is 15.9 Å². The van der Waals surface area contributed by atoms with E-state index >= 15 is 0 Å². The van der Waals surface area contributed by atoms with Crippen molar-refractivity contribution in [2.24, 2.45) is 0 Å². The number of carbonyl (C=O) groups excluding carboxylic acids is 1. The lowest BCUT2D eigenvalue weighted by Crippen LogP contribution is -2.46. The van der Waals surface area contributed by atoms with Crippen LogP contribution in [-0.2, 0) is 14.8 Å². The predicted molar refractivity (Wildman–Crippen MR) is 104 cm³/mol. The maximum atomic E-state index is 12.8. The van der Waals surface area contributed by atoms with E-state index in [4.69, 9.17) is 4.74 Å². The van der Waals surface area contributed by atoms with Crippen LogP contribution in [0, 0.1) is 0 Å². The number of hydrogen-bond acceptors (Lipinski definition) is 4. The van der Waals surface area contributed by atoms with Crippen LogP contribution < -0.4 is 14.4 Å². The summed E-state index contributed by atoms with van der Waals surface area (Å²) in [5, 5.41) is 2.78. The fraction of sp³-hybridized carbons (Fsp3) is 0.316. The van der Waals surface area contributed by atoms with Gasteiger partial charge in [-0.1, -0.05) is 25.1 Å². The van der Waals surface area contributed by atoms with Gasteiger partial charge in [-0.15, -0.1) is 0 Å². The predicted octanol–water partition coefficient (Wildman–Crippen LogP) is 3.27. The maximum absolute atomic E-state index is 12.8. The lowest BCUT2D eigenvalue weighted by atomic mass is 10.2. The number of nitrogens with zero attached hydrogens (tertiary/aromatic N) is 1. The third-order valence-electron chi connectivity index (χ3n) is 3.77. The summed E-state index contributed by atoms with van der Waals surface area (Å²) in [6, 6.07) is 14.7. The number of hydrogen-bond donors (Lipinski definition) is 1. The van der Waals surface area contributed by atoms with Crippen molar-refractivity contribution in [2.75, 3.05) is 22.5 Å². The molecule has 0 heterocycles. The Kier molecular flexibility index (Phi) is 6.63. The number of ether oxygens (including phenoxy) is 1. The highest BCUT2D eigenvalue weighted by molar-refractivity contribution is 7.92. The van der Waals surface area contributed by atoms with Gasteiger partial charge in [0.1, 0.15) is 11.8 Å². The van der Waals surface area contributed by atoms with Crippen molar-refractivity contribution < 1.29 is 17.9 Å². The molecule has 0 aliphatic rings. The molecule has 2 rings (SSSR count). The van der Waals surface area contributed by atoms with Gasteiger partial charge in [-0.05, 0) is 49.7 Å². The van der Waals surface area contributed by atoms with Crippen LogP contribution in [0.1, 0.15) is 20.3 Å². The molecule has 26 heavy (non-hydrogen) atoms. The van der Waals surface area contributed by atoms with Crippen molar-refractivity contribution in [3.63, 3.8) is 0 Å². The van der Waals surface area contributed by atoms with E-state index in [1.54, 1.807) is 61.5 Å². The Bertz CT molecular complexity index is 820. The standard InChI is InChI=1S/C19H24N2O4S/c1-4-18(21(26(3,23)24)16-9-7-6-8-10-16)19(22)20-15-11-13-17(14-12-15)25-5-2/h6-14,18H,4-5H2,1-3H3,(H,20,22)/t18-/m0/s1. The molecular weight excluding hydrogens is 352 g/mol. The van der Waals surface area contributed by atoms with Gasteiger partial charge < -0.3 is 10.1 Å². The number of sulfonamides is 1. The van der Waals surface area contributed by atoms with Crippen molar-refractivity contribution in [2.45, 2.75) is 26.3 Å². The van der Waals surface area contributed by atoms with Crippen LogP contribution in [-0.4, -0.2) is 33.2 Å². The van der Waals surface area contributed by atoms with Gasteiger partial charge in [-0.2, -0.15) is 0 Å². The van der Waals surface area contributed by atoms with E-state index in [-0.39, 0.29) is 5.91 Å². The second-order valence-corrected chi connectivity index (χ2v) is 7.62. The first-order chi connectivity index (χ1) is 12.4. The number of nitrogens with one attached hydrogen (secondary N) is 1. The first-order valence-corrected chi connectivity index (χ1v) is 10.3. The topological polar surface area (TPSA) is 75.7 Å². The molecule has 0 radical (unpaired) electrons. The lowest BCUT2D eigenvalue weighted by Gasteiger charge is -2.30. The molecule has 0 aliphatic carbocycles. The SMILES string of the molecule is CCOc1ccc(NC(=O)[C@H](CC)N(c2ccccc2)S(C)(=O)=O)cc1. The summed E-state index contributed by atoms with van der Waals surface area (Å²) in [5.74, 6) is 0.325. The minimum Gasteiger partial charge on any atom is -0.494 e. The quantitative estimate of drug-likeness (QED) is 0.767. The van der Waals surface area contributed by atoms with Crippen LogP contribution in [0.3, 0.4) is 0 Å². The van der Waals surface area contributed by atoms with Crippen molar-refractivity contribution >= 4 is 27.3 Å². The molecule has 0 fully saturated rings. The van der Waals surface area contributed by atoms with Crippen LogP contribution in [0.25, 0.3) is 0 Å². The molecule has 140 valence electrons. The minimum atomic E-state index is -3.63. The monoisotopic (exact) mass is 376 g/mol. The second-order valence-electron chi connectivity index (χ2n) is 5.77. The number of para-hydroxylation sites is 1. The average Bonchev–Trinajstić information content (AvgIpc) is 2.61. The number of anilines is 2. The maximum Gasteiger partial charge on any atom is 0.248 e. The fourth-order valence-corrected chi connectivity index (χ4v) is 3.87. The molecular formula is C19H24N2O4S. The Balaban J connectivity index is 2.25. The molecule has 2 aromatic carbocycles. The summed E-state index contributed by atoms with van der Waals surface area (Å²) in [6.07, 6.45) is 1.44. The van der Waals surface area contributed by atoms with E-state index in [0.717, 1.165) is 10.6 Å². The normalized spacial score (nSPS) is 12.3. The Morgan fingerprint density at radius 3 is 2.19 bits per heavy atom. The highest BCUT2D eigenvalue weighted by Gasteiger charge is 2.31. The minimum absolute atomic E-state index is 0.338. The number of benzene rings is 2. The third-order valence-corrected chi connectivity index (χ3v) is 4.95. The van der Waals surface area contributed by atoms with Crippen LogP contribution in [0.2, 0.25) is 0 Å². The zero-order valence-electron chi connectivity index (χ0n) is 15.2. The zero-order chi connectivity index (χ0) is 19.2. The Hall–Kier alpha value is -2.54. The second kappa shape index (κ2) is 8.71. The Labute approximate surface area is 154 Å². The van der Waals surface area contributed by atoms with E-state index < -0.39 is 16.1 Å². The molecule has 0 aromatic heterocycles. The van der Waals surface area contributed by atoms with Crippen LogP contribution in [0.15, 0.2) is 54.6 Å². The molecule has 0 spiro atoms. The molecule has 1 atom stereocenters. The molecule has 1 N–H and O–H groups in total. The van der Waals surface area contributed by atoms with Gasteiger partial charge in [0.15, 0.2) is 0 Å². The molecule has 1 amide bonds. The molecule has 0 bridgehead atoms. The van der Waals surface area contributed by atoms with Crippen molar-refractivity contribution in [3.8, 4) is 5.75 Å². The smallest absolute Gasteiger partial charge is 0.248 e. The Morgan fingerprint density at radius 2 is 1.69 bits per heavy atom. The average molecular weight is 376 g/mol. The van der Waals surface area contributed by atoms with Gasteiger partial charge in [0.05, 0.1) is 18.6 Å². The summed E-state index contributed by atoms with van der Waals surface area (Å²) in [6.45, 7) is 4.23. The van der Waals surface area contributed by atoms with Gasteiger partial charge in [-0.25, -0.2) is 8.42 Å². The highest BCUT2D eigenvalue weighted by Crippen LogP contribution is 2.23. The molecule has 0 unspecified atom stereocenters. The molecule has 0 aliphatic heterocycles. The van der Waals surface area contributed by atoms with Crippen LogP contribution in [0.4, 0.5) is 11.4 Å². The van der Waals surface area contributed by atoms with Gasteiger partial charge in [0.25, 0.3) is 0 Å². The first-order valence-electron chi connectivity index (χ1n) is 8.45. The van der Waals surface area contributed by atoms with E-state index in [0.29, 0.717) is 30.2 Å². The fourth-order valence-electron chi connectivity index (χ4n) is 2.66. The molecule has 6 nitrogen and oxygen atoms in total. The van der Waals surface area contributed by atoms with E-state index in [1.807, 2.05) is 6.92 Å². The molecule has 7 heteroatoms. The Morgan fingerprint density at radius 1 is 1.08 bits per heavy atom. The van der Waals surface area contributed by atoms with E-state index in [9.17, 15) is 13.2 Å². The zero-order valence-corrected chi connectivity index (χ0v) is 16.0. The number of rotatable bonds is 8. The van der Waals surface area contributed by atoms with Crippen molar-refractivity contribution in [3.05, 3.63) is 54.6 Å². The molecule has 0 saturated heterocycles. The summed E-state index contributed by atoms with van der Waals surface area (Å²) in [5.41, 5.74) is 1.04. The first kappa shape index (κ1) is 19.8. The van der Waals surface area contributed by atoms with Crippen LogP contribution in [0.5, 0.6) is 5.75 Å². The summed E-state index contributed by atoms with van der Waals surface area (Å²) >= 11 is 0. The molecule has 0 saturated carbocycles. The van der Waals surface area contributed by atoms with Gasteiger partial charge in [-0.3, -0.25) is 9.10 Å². The lowest BCUT2D eigenvalue weighted by molar-refractivity contribution is -0.117. The van der Waals surface area contributed by atoms with E-state index in [1.165, 1.54) is 0 Å². The van der Waals surface area contributed by atoms with Gasteiger partial charge in [0, 0.05) is 5.69 Å².